The van der Waals surface area contributed by atoms with Gasteiger partial charge in [0, 0.05) is 0 Å². The summed E-state index contributed by atoms with van der Waals surface area (Å²) in [5.74, 6) is 2.49. The van der Waals surface area contributed by atoms with E-state index in [2.05, 4.69) is 282 Å². The Morgan fingerprint density at radius 3 is 0.492 bits per heavy atom. The minimum Gasteiger partial charge on any atom is -0.0620 e. The molecule has 8 aromatic carbocycles. The molecule has 8 heteroatoms. The molecule has 0 heterocycles. The fourth-order valence-electron chi connectivity index (χ4n) is 6.95. The van der Waals surface area contributed by atoms with Crippen LogP contribution in [0.25, 0.3) is 0 Å². The number of hydrogen-bond donors (Lipinski definition) is 0. The van der Waals surface area contributed by atoms with Crippen LogP contribution in [0.5, 0.6) is 0 Å². The summed E-state index contributed by atoms with van der Waals surface area (Å²) in [4.78, 5) is 0. The van der Waals surface area contributed by atoms with E-state index in [0.29, 0.717) is 0 Å². The molecule has 0 aliphatic carbocycles. The first-order valence-electron chi connectivity index (χ1n) is 18.9. The van der Waals surface area contributed by atoms with Gasteiger partial charge < -0.3 is 7.43 Å². The first-order valence-corrected chi connectivity index (χ1v) is 35.4. The molecule has 304 valence electrons. The van der Waals surface area contributed by atoms with Crippen molar-refractivity contribution in [2.24, 2.45) is 0 Å². The van der Waals surface area contributed by atoms with Gasteiger partial charge >= 0.3 is 70.2 Å². The molecular formula is C51H52I2P4Pd2+6. The maximum absolute atomic E-state index is 2.34. The van der Waals surface area contributed by atoms with Gasteiger partial charge in [-0.2, -0.15) is 0 Å². The van der Waals surface area contributed by atoms with E-state index in [9.17, 15) is 0 Å². The predicted molar refractivity (Wildman–Crippen MR) is 273 cm³/mol. The summed E-state index contributed by atoms with van der Waals surface area (Å²) in [6.45, 7) is 0. The number of hydrogen-bond acceptors (Lipinski definition) is 0. The predicted octanol–water partition coefficient (Wildman–Crippen LogP) is 7.42. The van der Waals surface area contributed by atoms with E-state index in [-0.39, 0.29) is 27.8 Å². The molecule has 0 saturated heterocycles. The van der Waals surface area contributed by atoms with Gasteiger partial charge in [0.25, 0.3) is 0 Å². The minimum atomic E-state index is -0.847. The molecular weight excluding hydrogens is 1200 g/mol. The Morgan fingerprint density at radius 1 is 0.288 bits per heavy atom. The fraction of sp³-hybridized carbons (Fsp3) is 0.0392. The Hall–Kier alpha value is -1.74. The standard InChI is InChI=1S/2C25H22P2.CH3.2HI.2Pd/c2*1-5-13-22(14-6-1)26(23-15-7-2-8-16-23)21-27(24-17-9-3-10-18-24)25-19-11-4-12-20-25;;;;;/h2*1-20H,21H2;1H3;2*1H;;/q;;-1;;;2*+2/p+3. The second-order valence-electron chi connectivity index (χ2n) is 13.2. The number of halogens is 2. The van der Waals surface area contributed by atoms with E-state index in [1.165, 1.54) is 54.2 Å². The van der Waals surface area contributed by atoms with Crippen molar-refractivity contribution < 1.29 is 50.7 Å². The van der Waals surface area contributed by atoms with Crippen LogP contribution in [0.1, 0.15) is 0 Å². The molecule has 0 aliphatic rings. The molecule has 0 N–H and O–H groups in total. The third kappa shape index (κ3) is 15.8. The van der Waals surface area contributed by atoms with Gasteiger partial charge in [-0.05, 0) is 97.1 Å². The molecule has 0 nitrogen and oxygen atoms in total. The van der Waals surface area contributed by atoms with E-state index < -0.39 is 31.7 Å². The fourth-order valence-corrected chi connectivity index (χ4v) is 22.4. The molecule has 0 aromatic heterocycles. The second-order valence-corrected chi connectivity index (χ2v) is 37.5. The molecule has 0 spiro atoms. The van der Waals surface area contributed by atoms with E-state index in [0.717, 1.165) is 10.8 Å². The Labute approximate surface area is 401 Å². The van der Waals surface area contributed by atoms with Crippen molar-refractivity contribution in [1.29, 1.82) is 0 Å². The Morgan fingerprint density at radius 2 is 0.390 bits per heavy atom. The maximum atomic E-state index is 2.34. The first kappa shape index (κ1) is 49.9. The third-order valence-electron chi connectivity index (χ3n) is 9.69. The van der Waals surface area contributed by atoms with Crippen molar-refractivity contribution in [2.45, 2.75) is 0 Å². The van der Waals surface area contributed by atoms with Crippen LogP contribution in [0.15, 0.2) is 243 Å². The van der Waals surface area contributed by atoms with Crippen molar-refractivity contribution in [3.8, 4) is 0 Å². The zero-order valence-electron chi connectivity index (χ0n) is 32.9. The summed E-state index contributed by atoms with van der Waals surface area (Å²) in [6.07, 6.45) is 0. The van der Waals surface area contributed by atoms with Crippen LogP contribution < -0.4 is 62.0 Å². The van der Waals surface area contributed by atoms with Crippen LogP contribution in [0.2, 0.25) is 0 Å². The average molecular weight is 1260 g/mol. The van der Waals surface area contributed by atoms with Crippen molar-refractivity contribution in [3.63, 3.8) is 0 Å². The SMILES string of the molecule is [CH3-].[I][Pd][IH+].[Pd+2].c1ccc([PH+](C[PH+](c2ccccc2)c2ccccc2)c2ccccc2)cc1.c1ccc([PH+](C[PH+](c2ccccc2)c2ccccc2)c2ccccc2)cc1. The van der Waals surface area contributed by atoms with Crippen molar-refractivity contribution in [1.82, 2.24) is 0 Å². The van der Waals surface area contributed by atoms with Gasteiger partial charge in [0.15, 0.2) is 11.8 Å². The van der Waals surface area contributed by atoms with Gasteiger partial charge in [0.05, 0.1) is 0 Å². The van der Waals surface area contributed by atoms with Crippen LogP contribution in [-0.4, -0.2) is 11.8 Å². The number of benzene rings is 8. The smallest absolute Gasteiger partial charge is 0.0620 e. The van der Waals surface area contributed by atoms with Gasteiger partial charge in [0.2, 0.25) is 0 Å². The average Bonchev–Trinajstić information content (AvgIpc) is 3.30. The summed E-state index contributed by atoms with van der Waals surface area (Å²) in [5, 5.41) is 12.0. The van der Waals surface area contributed by atoms with Gasteiger partial charge in [-0.3, -0.25) is 0 Å². The van der Waals surface area contributed by atoms with Gasteiger partial charge in [-0.15, -0.1) is 0 Å². The van der Waals surface area contributed by atoms with Crippen LogP contribution in [0.3, 0.4) is 0 Å². The first-order chi connectivity index (χ1) is 28.2. The van der Waals surface area contributed by atoms with E-state index in [1.807, 2.05) is 0 Å². The zero-order valence-corrected chi connectivity index (χ0v) is 44.5. The van der Waals surface area contributed by atoms with Crippen LogP contribution in [-0.2, 0) is 31.2 Å². The van der Waals surface area contributed by atoms with Crippen LogP contribution in [0.4, 0.5) is 0 Å². The van der Waals surface area contributed by atoms with Gasteiger partial charge in [-0.25, -0.2) is 0 Å². The van der Waals surface area contributed by atoms with E-state index in [4.69, 9.17) is 0 Å². The molecule has 0 bridgehead atoms. The molecule has 0 aliphatic heterocycles. The number of rotatable bonds is 12. The summed E-state index contributed by atoms with van der Waals surface area (Å²) >= 11 is 4.45. The van der Waals surface area contributed by atoms with Crippen molar-refractivity contribution in [3.05, 3.63) is 250 Å². The largest absolute Gasteiger partial charge is 2.00 e. The summed E-state index contributed by atoms with van der Waals surface area (Å²) in [7, 11) is -2.46. The zero-order chi connectivity index (χ0) is 39.3. The van der Waals surface area contributed by atoms with Crippen molar-refractivity contribution in [2.75, 3.05) is 11.8 Å². The second kappa shape index (κ2) is 28.8. The third-order valence-corrected chi connectivity index (χ3v) is 23.6. The Balaban J connectivity index is 0.000000237. The molecule has 0 fully saturated rings. The molecule has 0 amide bonds. The molecule has 59 heavy (non-hydrogen) atoms. The van der Waals surface area contributed by atoms with Crippen molar-refractivity contribution >= 4 is 93.6 Å². The molecule has 0 unspecified atom stereocenters. The summed E-state index contributed by atoms with van der Waals surface area (Å²) in [6, 6.07) is 88.9. The summed E-state index contributed by atoms with van der Waals surface area (Å²) in [5.41, 5.74) is 0. The van der Waals surface area contributed by atoms with E-state index in [1.54, 1.807) is 0 Å². The molecule has 0 saturated carbocycles. The van der Waals surface area contributed by atoms with Crippen LogP contribution in [0, 0.1) is 7.43 Å². The molecule has 0 atom stereocenters. The molecule has 8 aromatic rings. The molecule has 8 rings (SSSR count). The van der Waals surface area contributed by atoms with E-state index >= 15 is 0 Å². The van der Waals surface area contributed by atoms with Crippen LogP contribution >= 0.6 is 51.2 Å². The monoisotopic (exact) mass is 1250 g/mol. The Kier molecular flexibility index (Phi) is 24.4. The summed E-state index contributed by atoms with van der Waals surface area (Å²) < 4.78 is 0. The maximum Gasteiger partial charge on any atom is 2.00 e. The topological polar surface area (TPSA) is 0 Å². The minimum absolute atomic E-state index is 0. The van der Waals surface area contributed by atoms with Gasteiger partial charge in [-0.1, -0.05) is 146 Å². The Bertz CT molecular complexity index is 1760. The normalized spacial score (nSPS) is 10.5. The quantitative estimate of drug-likeness (QED) is 0.0518. The molecule has 0 radical (unpaired) electrons. The van der Waals surface area contributed by atoms with Gasteiger partial charge in [0.1, 0.15) is 74.1 Å².